The molecule has 0 bridgehead atoms. The van der Waals surface area contributed by atoms with Gasteiger partial charge in [0.15, 0.2) is 5.69 Å². The quantitative estimate of drug-likeness (QED) is 0.700. The Morgan fingerprint density at radius 1 is 1.35 bits per heavy atom. The van der Waals surface area contributed by atoms with Crippen molar-refractivity contribution in [1.29, 1.82) is 0 Å². The van der Waals surface area contributed by atoms with Gasteiger partial charge in [-0.25, -0.2) is 4.85 Å². The minimum absolute atomic E-state index is 0.603. The fraction of sp³-hybridized carbons (Fsp3) is 0.263. The molecule has 4 heteroatoms. The van der Waals surface area contributed by atoms with Crippen molar-refractivity contribution in [3.05, 3.63) is 71.5 Å². The Balaban J connectivity index is 1.40. The highest BCUT2D eigenvalue weighted by atomic mass is 14.9. The third kappa shape index (κ3) is 2.84. The Labute approximate surface area is 135 Å². The normalized spacial score (nSPS) is 19.6. The summed E-state index contributed by atoms with van der Waals surface area (Å²) in [6, 6.07) is 9.94. The molecule has 1 saturated carbocycles. The summed E-state index contributed by atoms with van der Waals surface area (Å²) in [7, 11) is 0. The van der Waals surface area contributed by atoms with E-state index < -0.39 is 0 Å². The molecule has 4 nitrogen and oxygen atoms in total. The minimum Gasteiger partial charge on any atom is -0.361 e. The van der Waals surface area contributed by atoms with Crippen LogP contribution in [0.3, 0.4) is 0 Å². The summed E-state index contributed by atoms with van der Waals surface area (Å²) >= 11 is 0. The van der Waals surface area contributed by atoms with Crippen molar-refractivity contribution in [2.24, 2.45) is 5.92 Å². The Morgan fingerprint density at radius 2 is 2.30 bits per heavy atom. The van der Waals surface area contributed by atoms with E-state index in [2.05, 4.69) is 32.4 Å². The van der Waals surface area contributed by atoms with Gasteiger partial charge in [0, 0.05) is 30.7 Å². The van der Waals surface area contributed by atoms with Gasteiger partial charge in [0.2, 0.25) is 0 Å². The van der Waals surface area contributed by atoms with Crippen molar-refractivity contribution in [1.82, 2.24) is 15.3 Å². The van der Waals surface area contributed by atoms with E-state index in [1.165, 1.54) is 22.9 Å². The molecule has 4 rings (SSSR count). The molecular formula is C19H18N4. The predicted molar refractivity (Wildman–Crippen MR) is 91.4 cm³/mol. The highest BCUT2D eigenvalue weighted by Crippen LogP contribution is 2.49. The van der Waals surface area contributed by atoms with Crippen LogP contribution in [0.5, 0.6) is 0 Å². The van der Waals surface area contributed by atoms with Crippen molar-refractivity contribution in [3.8, 4) is 0 Å². The third-order valence-corrected chi connectivity index (χ3v) is 4.61. The molecule has 0 saturated heterocycles. The van der Waals surface area contributed by atoms with Gasteiger partial charge in [0.1, 0.15) is 0 Å². The second-order valence-electron chi connectivity index (χ2n) is 6.18. The highest BCUT2D eigenvalue weighted by molar-refractivity contribution is 5.87. The first-order chi connectivity index (χ1) is 11.3. The van der Waals surface area contributed by atoms with Gasteiger partial charge in [-0.3, -0.25) is 4.98 Å². The molecule has 2 aromatic heterocycles. The topological polar surface area (TPSA) is 45.1 Å². The number of nitrogens with one attached hydrogen (secondary N) is 2. The van der Waals surface area contributed by atoms with E-state index in [-0.39, 0.29) is 0 Å². The molecule has 2 unspecified atom stereocenters. The average Bonchev–Trinajstić information content (AvgIpc) is 3.24. The minimum atomic E-state index is 0.603. The lowest BCUT2D eigenvalue weighted by Gasteiger charge is -2.04. The van der Waals surface area contributed by atoms with E-state index in [4.69, 9.17) is 6.57 Å². The number of hydrogen-bond acceptors (Lipinski definition) is 2. The van der Waals surface area contributed by atoms with Gasteiger partial charge < -0.3 is 10.3 Å². The van der Waals surface area contributed by atoms with Crippen LogP contribution in [0.1, 0.15) is 23.5 Å². The molecule has 2 heterocycles. The SMILES string of the molecule is [C-]#[N+]c1ccc2[nH]cc(C3CC3CNCc3cccnc3)c2c1. The number of fused-ring (bicyclic) bond motifs is 1. The Bertz CT molecular complexity index is 860. The zero-order valence-corrected chi connectivity index (χ0v) is 12.8. The van der Waals surface area contributed by atoms with Crippen molar-refractivity contribution < 1.29 is 0 Å². The lowest BCUT2D eigenvalue weighted by atomic mass is 10.1. The number of benzene rings is 1. The van der Waals surface area contributed by atoms with Gasteiger partial charge in [0.05, 0.1) is 6.57 Å². The standard InChI is InChI=1S/C19H18N4/c1-20-15-4-5-19-17(8-15)18(12-23-19)16-7-14(16)11-22-10-13-3-2-6-21-9-13/h2-6,8-9,12,14,16,22-23H,7,10-11H2. The number of hydrogen-bond donors (Lipinski definition) is 2. The van der Waals surface area contributed by atoms with Gasteiger partial charge in [-0.15, -0.1) is 0 Å². The number of nitrogens with zero attached hydrogens (tertiary/aromatic N) is 2. The maximum Gasteiger partial charge on any atom is 0.187 e. The molecule has 1 aliphatic rings. The van der Waals surface area contributed by atoms with E-state index in [9.17, 15) is 0 Å². The molecule has 0 aliphatic heterocycles. The maximum absolute atomic E-state index is 7.18. The van der Waals surface area contributed by atoms with Crippen molar-refractivity contribution in [2.75, 3.05) is 6.54 Å². The largest absolute Gasteiger partial charge is 0.361 e. The number of aromatic amines is 1. The molecule has 2 atom stereocenters. The highest BCUT2D eigenvalue weighted by Gasteiger charge is 2.39. The lowest BCUT2D eigenvalue weighted by Crippen LogP contribution is -2.16. The Kier molecular flexibility index (Phi) is 3.57. The van der Waals surface area contributed by atoms with Gasteiger partial charge in [-0.05, 0) is 59.5 Å². The summed E-state index contributed by atoms with van der Waals surface area (Å²) in [4.78, 5) is 11.0. The first kappa shape index (κ1) is 14.0. The smallest absolute Gasteiger partial charge is 0.187 e. The van der Waals surface area contributed by atoms with E-state index >= 15 is 0 Å². The Hall–Kier alpha value is -2.64. The first-order valence-electron chi connectivity index (χ1n) is 7.93. The molecular weight excluding hydrogens is 284 g/mol. The zero-order chi connectivity index (χ0) is 15.6. The van der Waals surface area contributed by atoms with E-state index in [0.29, 0.717) is 17.5 Å². The second kappa shape index (κ2) is 5.86. The molecule has 3 aromatic rings. The van der Waals surface area contributed by atoms with Crippen LogP contribution in [0.4, 0.5) is 5.69 Å². The van der Waals surface area contributed by atoms with Gasteiger partial charge in [-0.2, -0.15) is 0 Å². The molecule has 1 aliphatic carbocycles. The maximum atomic E-state index is 7.18. The fourth-order valence-electron chi connectivity index (χ4n) is 3.27. The van der Waals surface area contributed by atoms with Gasteiger partial charge >= 0.3 is 0 Å². The number of H-pyrrole nitrogens is 1. The third-order valence-electron chi connectivity index (χ3n) is 4.61. The molecule has 0 radical (unpaired) electrons. The Morgan fingerprint density at radius 3 is 3.13 bits per heavy atom. The number of rotatable bonds is 5. The molecule has 2 N–H and O–H groups in total. The summed E-state index contributed by atoms with van der Waals surface area (Å²) in [6.07, 6.45) is 7.04. The van der Waals surface area contributed by atoms with Crippen LogP contribution in [0.15, 0.2) is 48.9 Å². The van der Waals surface area contributed by atoms with E-state index in [1.807, 2.05) is 30.5 Å². The molecule has 1 fully saturated rings. The monoisotopic (exact) mass is 302 g/mol. The molecule has 114 valence electrons. The summed E-state index contributed by atoms with van der Waals surface area (Å²) in [5, 5.41) is 4.73. The fourth-order valence-corrected chi connectivity index (χ4v) is 3.27. The predicted octanol–water partition coefficient (Wildman–Crippen LogP) is 4.01. The van der Waals surface area contributed by atoms with Crippen molar-refractivity contribution >= 4 is 16.6 Å². The van der Waals surface area contributed by atoms with E-state index in [1.54, 1.807) is 6.20 Å². The molecule has 1 aromatic carbocycles. The van der Waals surface area contributed by atoms with Crippen LogP contribution < -0.4 is 5.32 Å². The van der Waals surface area contributed by atoms with Crippen molar-refractivity contribution in [3.63, 3.8) is 0 Å². The lowest BCUT2D eigenvalue weighted by molar-refractivity contribution is 0.627. The van der Waals surface area contributed by atoms with Crippen LogP contribution in [0.2, 0.25) is 0 Å². The summed E-state index contributed by atoms with van der Waals surface area (Å²) in [5.74, 6) is 1.29. The van der Waals surface area contributed by atoms with E-state index in [0.717, 1.165) is 18.6 Å². The zero-order valence-electron chi connectivity index (χ0n) is 12.8. The molecule has 23 heavy (non-hydrogen) atoms. The first-order valence-corrected chi connectivity index (χ1v) is 7.93. The van der Waals surface area contributed by atoms with Crippen LogP contribution in [-0.4, -0.2) is 16.5 Å². The van der Waals surface area contributed by atoms with Crippen LogP contribution >= 0.6 is 0 Å². The summed E-state index contributed by atoms with van der Waals surface area (Å²) < 4.78 is 0. The number of aromatic nitrogens is 2. The van der Waals surface area contributed by atoms with Crippen LogP contribution in [-0.2, 0) is 6.54 Å². The summed E-state index contributed by atoms with van der Waals surface area (Å²) in [5.41, 5.74) is 4.42. The van der Waals surface area contributed by atoms with Gasteiger partial charge in [-0.1, -0.05) is 12.1 Å². The average molecular weight is 302 g/mol. The van der Waals surface area contributed by atoms with Gasteiger partial charge in [0.25, 0.3) is 0 Å². The van der Waals surface area contributed by atoms with Crippen molar-refractivity contribution in [2.45, 2.75) is 18.9 Å². The second-order valence-corrected chi connectivity index (χ2v) is 6.18. The summed E-state index contributed by atoms with van der Waals surface area (Å²) in [6.45, 7) is 9.07. The van der Waals surface area contributed by atoms with Crippen LogP contribution in [0.25, 0.3) is 15.7 Å². The molecule has 0 spiro atoms. The number of pyridine rings is 1. The van der Waals surface area contributed by atoms with Crippen LogP contribution in [0, 0.1) is 12.5 Å². The molecule has 0 amide bonds.